The van der Waals surface area contributed by atoms with Crippen molar-refractivity contribution in [2.24, 2.45) is 0 Å². The molecule has 5 heteroatoms. The Labute approximate surface area is 154 Å². The number of carbonyl (C=O) groups excluding carboxylic acids is 1. The number of aryl methyl sites for hydroxylation is 1. The quantitative estimate of drug-likeness (QED) is 0.711. The normalized spacial score (nSPS) is 9.88. The fraction of sp³-hybridized carbons (Fsp3) is 0.286. The summed E-state index contributed by atoms with van der Waals surface area (Å²) in [5, 5.41) is 5.71. The maximum Gasteiger partial charge on any atom is 0.319 e. The lowest BCUT2D eigenvalue weighted by molar-refractivity contribution is 0.252. The van der Waals surface area contributed by atoms with Gasteiger partial charge in [0.2, 0.25) is 0 Å². The molecule has 0 saturated carbocycles. The van der Waals surface area contributed by atoms with Gasteiger partial charge in [-0.25, -0.2) is 4.79 Å². The van der Waals surface area contributed by atoms with Gasteiger partial charge < -0.3 is 20.1 Å². The van der Waals surface area contributed by atoms with Crippen LogP contribution in [0, 0.1) is 19.3 Å². The molecule has 0 saturated heterocycles. The first-order chi connectivity index (χ1) is 12.6. The first-order valence-corrected chi connectivity index (χ1v) is 8.56. The molecule has 0 heterocycles. The smallest absolute Gasteiger partial charge is 0.319 e. The highest BCUT2D eigenvalue weighted by molar-refractivity contribution is 5.90. The molecule has 0 fully saturated rings. The van der Waals surface area contributed by atoms with Gasteiger partial charge in [-0.3, -0.25) is 0 Å². The van der Waals surface area contributed by atoms with E-state index in [4.69, 9.17) is 15.9 Å². The predicted octanol–water partition coefficient (Wildman–Crippen LogP) is 3.77. The lowest BCUT2D eigenvalue weighted by atomic mass is 10.1. The van der Waals surface area contributed by atoms with Crippen LogP contribution in [-0.2, 0) is 6.42 Å². The second-order valence-electron chi connectivity index (χ2n) is 5.68. The molecule has 2 rings (SSSR count). The molecule has 2 amide bonds. The number of hydrogen-bond acceptors (Lipinski definition) is 3. The van der Waals surface area contributed by atoms with Crippen LogP contribution in [0.5, 0.6) is 11.5 Å². The molecule has 2 aromatic rings. The Morgan fingerprint density at radius 3 is 2.50 bits per heavy atom. The molecule has 2 N–H and O–H groups in total. The summed E-state index contributed by atoms with van der Waals surface area (Å²) in [5.74, 6) is 3.96. The minimum Gasteiger partial charge on any atom is -0.494 e. The van der Waals surface area contributed by atoms with Crippen LogP contribution >= 0.6 is 0 Å². The van der Waals surface area contributed by atoms with Crippen molar-refractivity contribution in [2.45, 2.75) is 20.3 Å². The minimum atomic E-state index is -0.230. The Kier molecular flexibility index (Phi) is 7.38. The lowest BCUT2D eigenvalue weighted by Crippen LogP contribution is -2.30. The molecule has 136 valence electrons. The molecule has 26 heavy (non-hydrogen) atoms. The zero-order chi connectivity index (χ0) is 18.8. The van der Waals surface area contributed by atoms with Crippen LogP contribution in [0.2, 0.25) is 0 Å². The summed E-state index contributed by atoms with van der Waals surface area (Å²) >= 11 is 0. The van der Waals surface area contributed by atoms with Gasteiger partial charge in [0, 0.05) is 12.2 Å². The second-order valence-corrected chi connectivity index (χ2v) is 5.68. The van der Waals surface area contributed by atoms with Crippen LogP contribution in [-0.4, -0.2) is 25.8 Å². The SMILES string of the molecule is C#CCOc1ccc(CCNC(=O)Nc2ccc(OCC)cc2C)cc1. The molecule has 0 radical (unpaired) electrons. The molecule has 0 atom stereocenters. The first kappa shape index (κ1) is 19.2. The molecular weight excluding hydrogens is 328 g/mol. The molecule has 0 unspecified atom stereocenters. The van der Waals surface area contributed by atoms with Gasteiger partial charge in [-0.2, -0.15) is 0 Å². The monoisotopic (exact) mass is 352 g/mol. The highest BCUT2D eigenvalue weighted by atomic mass is 16.5. The van der Waals surface area contributed by atoms with Crippen molar-refractivity contribution < 1.29 is 14.3 Å². The van der Waals surface area contributed by atoms with E-state index < -0.39 is 0 Å². The number of ether oxygens (including phenoxy) is 2. The number of anilines is 1. The van der Waals surface area contributed by atoms with E-state index in [1.165, 1.54) is 0 Å². The van der Waals surface area contributed by atoms with E-state index in [0.29, 0.717) is 13.2 Å². The maximum absolute atomic E-state index is 12.0. The van der Waals surface area contributed by atoms with Crippen molar-refractivity contribution in [3.05, 3.63) is 53.6 Å². The summed E-state index contributed by atoms with van der Waals surface area (Å²) in [5.41, 5.74) is 2.82. The molecule has 2 aromatic carbocycles. The molecule has 0 bridgehead atoms. The topological polar surface area (TPSA) is 59.6 Å². The lowest BCUT2D eigenvalue weighted by Gasteiger charge is -2.12. The third kappa shape index (κ3) is 6.06. The maximum atomic E-state index is 12.0. The Bertz CT molecular complexity index is 764. The summed E-state index contributed by atoms with van der Waals surface area (Å²) in [6.07, 6.45) is 5.89. The van der Waals surface area contributed by atoms with Crippen LogP contribution in [0.3, 0.4) is 0 Å². The van der Waals surface area contributed by atoms with E-state index in [9.17, 15) is 4.79 Å². The van der Waals surface area contributed by atoms with Crippen LogP contribution in [0.4, 0.5) is 10.5 Å². The number of benzene rings is 2. The van der Waals surface area contributed by atoms with E-state index >= 15 is 0 Å². The van der Waals surface area contributed by atoms with E-state index in [1.807, 2.05) is 56.3 Å². The number of rotatable bonds is 8. The van der Waals surface area contributed by atoms with Gasteiger partial charge in [0.05, 0.1) is 6.61 Å². The number of hydrogen-bond donors (Lipinski definition) is 2. The second kappa shape index (κ2) is 10.00. The Morgan fingerprint density at radius 1 is 1.12 bits per heavy atom. The van der Waals surface area contributed by atoms with Crippen LogP contribution in [0.1, 0.15) is 18.1 Å². The number of terminal acetylenes is 1. The van der Waals surface area contributed by atoms with Gasteiger partial charge in [-0.05, 0) is 61.7 Å². The molecule has 0 aliphatic heterocycles. The van der Waals surface area contributed by atoms with E-state index in [-0.39, 0.29) is 12.6 Å². The van der Waals surface area contributed by atoms with E-state index in [0.717, 1.165) is 34.7 Å². The molecule has 0 aromatic heterocycles. The van der Waals surface area contributed by atoms with Gasteiger partial charge >= 0.3 is 6.03 Å². The predicted molar refractivity (Wildman–Crippen MR) is 104 cm³/mol. The van der Waals surface area contributed by atoms with Crippen molar-refractivity contribution in [3.8, 4) is 23.8 Å². The Balaban J connectivity index is 1.77. The average molecular weight is 352 g/mol. The molecule has 0 aliphatic carbocycles. The highest BCUT2D eigenvalue weighted by Gasteiger charge is 2.05. The largest absolute Gasteiger partial charge is 0.494 e. The van der Waals surface area contributed by atoms with Gasteiger partial charge in [-0.1, -0.05) is 18.1 Å². The first-order valence-electron chi connectivity index (χ1n) is 8.56. The van der Waals surface area contributed by atoms with Gasteiger partial charge in [0.25, 0.3) is 0 Å². The molecule has 5 nitrogen and oxygen atoms in total. The fourth-order valence-electron chi connectivity index (χ4n) is 2.40. The summed E-state index contributed by atoms with van der Waals surface area (Å²) in [7, 11) is 0. The number of nitrogens with one attached hydrogen (secondary N) is 2. The minimum absolute atomic E-state index is 0.230. The van der Waals surface area contributed by atoms with E-state index in [1.54, 1.807) is 0 Å². The highest BCUT2D eigenvalue weighted by Crippen LogP contribution is 2.21. The Hall–Kier alpha value is -3.13. The third-order valence-electron chi connectivity index (χ3n) is 3.70. The van der Waals surface area contributed by atoms with Crippen molar-refractivity contribution in [2.75, 3.05) is 25.1 Å². The average Bonchev–Trinajstić information content (AvgIpc) is 2.63. The van der Waals surface area contributed by atoms with Crippen molar-refractivity contribution in [3.63, 3.8) is 0 Å². The fourth-order valence-corrected chi connectivity index (χ4v) is 2.40. The van der Waals surface area contributed by atoms with Crippen molar-refractivity contribution in [1.29, 1.82) is 0 Å². The Morgan fingerprint density at radius 2 is 1.85 bits per heavy atom. The molecule has 0 spiro atoms. The summed E-state index contributed by atoms with van der Waals surface area (Å²) in [6, 6.07) is 13.0. The summed E-state index contributed by atoms with van der Waals surface area (Å²) < 4.78 is 10.8. The number of amides is 2. The zero-order valence-corrected chi connectivity index (χ0v) is 15.2. The van der Waals surface area contributed by atoms with Crippen LogP contribution < -0.4 is 20.1 Å². The molecular formula is C21H24N2O3. The number of carbonyl (C=O) groups is 1. The zero-order valence-electron chi connectivity index (χ0n) is 15.2. The summed E-state index contributed by atoms with van der Waals surface area (Å²) in [4.78, 5) is 12.0. The van der Waals surface area contributed by atoms with E-state index in [2.05, 4.69) is 16.6 Å². The van der Waals surface area contributed by atoms with Gasteiger partial charge in [0.15, 0.2) is 0 Å². The van der Waals surface area contributed by atoms with Crippen molar-refractivity contribution >= 4 is 11.7 Å². The third-order valence-corrected chi connectivity index (χ3v) is 3.70. The summed E-state index contributed by atoms with van der Waals surface area (Å²) in [6.45, 7) is 5.27. The van der Waals surface area contributed by atoms with Crippen molar-refractivity contribution in [1.82, 2.24) is 5.32 Å². The van der Waals surface area contributed by atoms with Crippen LogP contribution in [0.25, 0.3) is 0 Å². The van der Waals surface area contributed by atoms with Gasteiger partial charge in [-0.15, -0.1) is 6.42 Å². The van der Waals surface area contributed by atoms with Crippen LogP contribution in [0.15, 0.2) is 42.5 Å². The standard InChI is InChI=1S/C21H24N2O3/c1-4-14-26-18-8-6-17(7-9-18)12-13-22-21(24)23-20-11-10-19(25-5-2)15-16(20)3/h1,6-11,15H,5,12-14H2,2-3H3,(H2,22,23,24). The number of urea groups is 1. The molecule has 0 aliphatic rings. The van der Waals surface area contributed by atoms with Gasteiger partial charge in [0.1, 0.15) is 18.1 Å².